The molecule has 0 aromatic heterocycles. The van der Waals surface area contributed by atoms with Gasteiger partial charge in [-0.3, -0.25) is 9.59 Å². The van der Waals surface area contributed by atoms with E-state index in [4.69, 9.17) is 5.11 Å². The molecular weight excluding hydrogens is 218 g/mol. The molecule has 1 amide bonds. The van der Waals surface area contributed by atoms with Gasteiger partial charge in [-0.25, -0.2) is 0 Å². The van der Waals surface area contributed by atoms with Crippen LogP contribution < -0.4 is 5.32 Å². The van der Waals surface area contributed by atoms with Crippen molar-refractivity contribution in [3.8, 4) is 0 Å². The van der Waals surface area contributed by atoms with Crippen molar-refractivity contribution in [2.24, 2.45) is 5.92 Å². The highest BCUT2D eigenvalue weighted by Crippen LogP contribution is 2.35. The molecule has 94 valence electrons. The van der Waals surface area contributed by atoms with Gasteiger partial charge in [-0.1, -0.05) is 12.2 Å². The van der Waals surface area contributed by atoms with Gasteiger partial charge in [0.15, 0.2) is 0 Å². The average Bonchev–Trinajstić information content (AvgIpc) is 2.66. The van der Waals surface area contributed by atoms with Gasteiger partial charge in [0, 0.05) is 6.42 Å². The van der Waals surface area contributed by atoms with E-state index in [9.17, 15) is 9.59 Å². The molecule has 4 nitrogen and oxygen atoms in total. The number of amides is 1. The van der Waals surface area contributed by atoms with E-state index >= 15 is 0 Å². The zero-order valence-corrected chi connectivity index (χ0v) is 9.95. The van der Waals surface area contributed by atoms with Gasteiger partial charge < -0.3 is 10.4 Å². The van der Waals surface area contributed by atoms with Crippen molar-refractivity contribution in [1.29, 1.82) is 0 Å². The fourth-order valence-electron chi connectivity index (χ4n) is 2.69. The van der Waals surface area contributed by atoms with Crippen LogP contribution >= 0.6 is 0 Å². The predicted molar refractivity (Wildman–Crippen MR) is 63.5 cm³/mol. The predicted octanol–water partition coefficient (Wildman–Crippen LogP) is 1.86. The third-order valence-corrected chi connectivity index (χ3v) is 3.76. The molecule has 0 bridgehead atoms. The first kappa shape index (κ1) is 12.1. The lowest BCUT2D eigenvalue weighted by molar-refractivity contribution is -0.140. The van der Waals surface area contributed by atoms with Crippen molar-refractivity contribution in [3.05, 3.63) is 12.2 Å². The van der Waals surface area contributed by atoms with E-state index in [1.54, 1.807) is 0 Å². The van der Waals surface area contributed by atoms with Gasteiger partial charge in [-0.2, -0.15) is 0 Å². The topological polar surface area (TPSA) is 66.4 Å². The molecule has 17 heavy (non-hydrogen) atoms. The summed E-state index contributed by atoms with van der Waals surface area (Å²) in [7, 11) is 0. The molecule has 4 heteroatoms. The van der Waals surface area contributed by atoms with E-state index in [1.165, 1.54) is 0 Å². The summed E-state index contributed by atoms with van der Waals surface area (Å²) in [6.07, 6.45) is 9.45. The van der Waals surface area contributed by atoms with Crippen molar-refractivity contribution < 1.29 is 14.7 Å². The molecule has 2 aliphatic carbocycles. The Bertz CT molecular complexity index is 345. The van der Waals surface area contributed by atoms with Crippen LogP contribution in [-0.4, -0.2) is 22.5 Å². The minimum atomic E-state index is -0.828. The Hall–Kier alpha value is -1.32. The lowest BCUT2D eigenvalue weighted by Gasteiger charge is -2.41. The van der Waals surface area contributed by atoms with Crippen molar-refractivity contribution in [2.45, 2.75) is 50.5 Å². The third-order valence-electron chi connectivity index (χ3n) is 3.76. The van der Waals surface area contributed by atoms with Gasteiger partial charge in [-0.15, -0.1) is 0 Å². The molecule has 0 aliphatic heterocycles. The van der Waals surface area contributed by atoms with Gasteiger partial charge in [0.1, 0.15) is 0 Å². The first-order valence-electron chi connectivity index (χ1n) is 6.29. The van der Waals surface area contributed by atoms with Crippen LogP contribution in [0.5, 0.6) is 0 Å². The number of carboxylic acid groups (broad SMARTS) is 1. The Kier molecular flexibility index (Phi) is 3.50. The smallest absolute Gasteiger partial charge is 0.305 e. The zero-order valence-electron chi connectivity index (χ0n) is 9.95. The van der Waals surface area contributed by atoms with Gasteiger partial charge in [0.2, 0.25) is 5.91 Å². The van der Waals surface area contributed by atoms with Crippen molar-refractivity contribution >= 4 is 11.9 Å². The summed E-state index contributed by atoms with van der Waals surface area (Å²) in [6.45, 7) is 0. The summed E-state index contributed by atoms with van der Waals surface area (Å²) >= 11 is 0. The van der Waals surface area contributed by atoms with E-state index in [2.05, 4.69) is 17.5 Å². The second kappa shape index (κ2) is 4.90. The number of hydrogen-bond acceptors (Lipinski definition) is 2. The quantitative estimate of drug-likeness (QED) is 0.717. The normalized spacial score (nSPS) is 25.3. The molecular formula is C13H19NO3. The zero-order chi connectivity index (χ0) is 12.3. The highest BCUT2D eigenvalue weighted by Gasteiger charge is 2.40. The molecule has 1 fully saturated rings. The van der Waals surface area contributed by atoms with Crippen LogP contribution in [0.25, 0.3) is 0 Å². The Labute approximate surface area is 101 Å². The van der Waals surface area contributed by atoms with Crippen LogP contribution in [-0.2, 0) is 9.59 Å². The highest BCUT2D eigenvalue weighted by molar-refractivity contribution is 5.79. The largest absolute Gasteiger partial charge is 0.481 e. The summed E-state index contributed by atoms with van der Waals surface area (Å²) < 4.78 is 0. The summed E-state index contributed by atoms with van der Waals surface area (Å²) in [5, 5.41) is 11.8. The van der Waals surface area contributed by atoms with Crippen LogP contribution in [0.3, 0.4) is 0 Å². The van der Waals surface area contributed by atoms with Crippen LogP contribution in [0.4, 0.5) is 0 Å². The Morgan fingerprint density at radius 1 is 1.41 bits per heavy atom. The van der Waals surface area contributed by atoms with E-state index < -0.39 is 11.5 Å². The van der Waals surface area contributed by atoms with E-state index in [1.807, 2.05) is 0 Å². The monoisotopic (exact) mass is 237 g/mol. The van der Waals surface area contributed by atoms with Crippen LogP contribution in [0.15, 0.2) is 12.2 Å². The van der Waals surface area contributed by atoms with Gasteiger partial charge >= 0.3 is 5.97 Å². The number of nitrogens with one attached hydrogen (secondary N) is 1. The van der Waals surface area contributed by atoms with Gasteiger partial charge in [0.05, 0.1) is 12.0 Å². The SMILES string of the molecule is O=C(O)CC1(NC(=O)CC2C=CCC2)CCC1. The first-order chi connectivity index (χ1) is 8.10. The number of rotatable bonds is 5. The maximum absolute atomic E-state index is 11.9. The van der Waals surface area contributed by atoms with Crippen LogP contribution in [0.1, 0.15) is 44.9 Å². The van der Waals surface area contributed by atoms with Crippen LogP contribution in [0.2, 0.25) is 0 Å². The lowest BCUT2D eigenvalue weighted by Crippen LogP contribution is -2.54. The molecule has 0 aromatic carbocycles. The summed E-state index contributed by atoms with van der Waals surface area (Å²) in [4.78, 5) is 22.6. The molecule has 0 radical (unpaired) electrons. The summed E-state index contributed by atoms with van der Waals surface area (Å²) in [5.41, 5.74) is -0.453. The molecule has 0 saturated heterocycles. The van der Waals surface area contributed by atoms with Crippen molar-refractivity contribution in [1.82, 2.24) is 5.32 Å². The molecule has 2 aliphatic rings. The van der Waals surface area contributed by atoms with E-state index in [-0.39, 0.29) is 12.3 Å². The van der Waals surface area contributed by atoms with E-state index in [0.717, 1.165) is 32.1 Å². The molecule has 1 atom stereocenters. The Morgan fingerprint density at radius 3 is 2.65 bits per heavy atom. The fourth-order valence-corrected chi connectivity index (χ4v) is 2.69. The molecule has 2 rings (SSSR count). The van der Waals surface area contributed by atoms with Gasteiger partial charge in [0.25, 0.3) is 0 Å². The second-order valence-corrected chi connectivity index (χ2v) is 5.22. The fraction of sp³-hybridized carbons (Fsp3) is 0.692. The maximum atomic E-state index is 11.9. The highest BCUT2D eigenvalue weighted by atomic mass is 16.4. The molecule has 1 saturated carbocycles. The second-order valence-electron chi connectivity index (χ2n) is 5.22. The Morgan fingerprint density at radius 2 is 2.18 bits per heavy atom. The standard InChI is InChI=1S/C13H19NO3/c15-11(8-10-4-1-2-5-10)14-13(6-3-7-13)9-12(16)17/h1,4,10H,2-3,5-9H2,(H,14,15)(H,16,17). The average molecular weight is 237 g/mol. The summed E-state index contributed by atoms with van der Waals surface area (Å²) in [6, 6.07) is 0. The third kappa shape index (κ3) is 3.08. The van der Waals surface area contributed by atoms with Crippen molar-refractivity contribution in [3.63, 3.8) is 0 Å². The molecule has 0 spiro atoms. The first-order valence-corrected chi connectivity index (χ1v) is 6.29. The van der Waals surface area contributed by atoms with E-state index in [0.29, 0.717) is 12.3 Å². The number of carbonyl (C=O) groups is 2. The minimum Gasteiger partial charge on any atom is -0.481 e. The summed E-state index contributed by atoms with van der Waals surface area (Å²) in [5.74, 6) is -0.481. The molecule has 1 unspecified atom stereocenters. The lowest BCUT2D eigenvalue weighted by atomic mass is 9.74. The number of hydrogen-bond donors (Lipinski definition) is 2. The minimum absolute atomic E-state index is 0.00231. The van der Waals surface area contributed by atoms with Crippen LogP contribution in [0, 0.1) is 5.92 Å². The number of carbonyl (C=O) groups excluding carboxylic acids is 1. The van der Waals surface area contributed by atoms with Crippen molar-refractivity contribution in [2.75, 3.05) is 0 Å². The number of carboxylic acids is 1. The maximum Gasteiger partial charge on any atom is 0.305 e. The molecule has 0 heterocycles. The molecule has 0 aromatic rings. The Balaban J connectivity index is 1.83. The number of aliphatic carboxylic acids is 1. The van der Waals surface area contributed by atoms with Gasteiger partial charge in [-0.05, 0) is 38.0 Å². The number of allylic oxidation sites excluding steroid dienone is 2. The molecule has 2 N–H and O–H groups in total.